The van der Waals surface area contributed by atoms with Gasteiger partial charge in [-0.05, 0) is 13.3 Å². The molecular weight excluding hydrogens is 392 g/mol. The van der Waals surface area contributed by atoms with Gasteiger partial charge in [0.15, 0.2) is 12.6 Å². The highest BCUT2D eigenvalue weighted by Crippen LogP contribution is 2.36. The van der Waals surface area contributed by atoms with Gasteiger partial charge in [0.1, 0.15) is 12.2 Å². The molecule has 3 heterocycles. The fraction of sp³-hybridized carbons (Fsp3) is 1.00. The van der Waals surface area contributed by atoms with Gasteiger partial charge < -0.3 is 39.0 Å². The van der Waals surface area contributed by atoms with Gasteiger partial charge in [0.25, 0.3) is 0 Å². The van der Waals surface area contributed by atoms with Gasteiger partial charge in [0.05, 0.1) is 43.7 Å². The Balaban J connectivity index is 1.75. The Morgan fingerprint density at radius 1 is 0.733 bits per heavy atom. The molecular formula is C22H40O8. The predicted octanol–water partition coefficient (Wildman–Crippen LogP) is 1.29. The van der Waals surface area contributed by atoms with E-state index in [1.165, 1.54) is 0 Å². The Hall–Kier alpha value is -0.320. The summed E-state index contributed by atoms with van der Waals surface area (Å²) < 4.78 is 30.1. The smallest absolute Gasteiger partial charge is 0.186 e. The summed E-state index contributed by atoms with van der Waals surface area (Å²) in [5.74, 6) is -0.485. The molecule has 0 saturated carbocycles. The monoisotopic (exact) mass is 432 g/mol. The standard InChI is InChI=1S/C22H40O8/c1-7-15-12(4)18(25)13(5)21(28-15)30-20-17(24)11(3)9-27-22(20)29-19-14(6)26-8-10(2)16(19)23/h10-25H,7-9H2,1-6H3/t10-,11-,12-,13-,14+,15-,16+,17+,18+,19+,20-,21+,22+/m0/s1. The van der Waals surface area contributed by atoms with Crippen LogP contribution in [0, 0.1) is 23.7 Å². The quantitative estimate of drug-likeness (QED) is 0.597. The van der Waals surface area contributed by atoms with Crippen LogP contribution in [0.15, 0.2) is 0 Å². The Morgan fingerprint density at radius 2 is 1.30 bits per heavy atom. The van der Waals surface area contributed by atoms with Gasteiger partial charge in [-0.3, -0.25) is 0 Å². The maximum atomic E-state index is 10.9. The van der Waals surface area contributed by atoms with Gasteiger partial charge in [-0.25, -0.2) is 0 Å². The third kappa shape index (κ3) is 4.86. The highest BCUT2D eigenvalue weighted by molar-refractivity contribution is 4.90. The number of rotatable bonds is 5. The fourth-order valence-corrected chi connectivity index (χ4v) is 4.69. The molecule has 0 aromatic heterocycles. The molecule has 8 heteroatoms. The summed E-state index contributed by atoms with van der Waals surface area (Å²) >= 11 is 0. The lowest BCUT2D eigenvalue weighted by atomic mass is 9.85. The number of aliphatic hydroxyl groups is 3. The van der Waals surface area contributed by atoms with Crippen molar-refractivity contribution in [2.24, 2.45) is 23.7 Å². The largest absolute Gasteiger partial charge is 0.392 e. The van der Waals surface area contributed by atoms with Gasteiger partial charge in [-0.2, -0.15) is 0 Å². The van der Waals surface area contributed by atoms with Crippen LogP contribution < -0.4 is 0 Å². The van der Waals surface area contributed by atoms with E-state index in [0.29, 0.717) is 13.2 Å². The van der Waals surface area contributed by atoms with Crippen LogP contribution in [0.25, 0.3) is 0 Å². The highest BCUT2D eigenvalue weighted by atomic mass is 16.7. The zero-order chi connectivity index (χ0) is 22.2. The van der Waals surface area contributed by atoms with E-state index < -0.39 is 43.1 Å². The third-order valence-corrected chi connectivity index (χ3v) is 7.10. The molecule has 3 N–H and O–H groups in total. The molecule has 176 valence electrons. The van der Waals surface area contributed by atoms with E-state index in [4.69, 9.17) is 23.7 Å². The van der Waals surface area contributed by atoms with Crippen molar-refractivity contribution < 1.29 is 39.0 Å². The molecule has 0 radical (unpaired) electrons. The predicted molar refractivity (Wildman–Crippen MR) is 109 cm³/mol. The van der Waals surface area contributed by atoms with Crippen LogP contribution in [0.3, 0.4) is 0 Å². The summed E-state index contributed by atoms with van der Waals surface area (Å²) in [7, 11) is 0. The van der Waals surface area contributed by atoms with Gasteiger partial charge >= 0.3 is 0 Å². The molecule has 3 aliphatic heterocycles. The lowest BCUT2D eigenvalue weighted by Gasteiger charge is -2.47. The molecule has 0 aromatic carbocycles. The van der Waals surface area contributed by atoms with Crippen molar-refractivity contribution in [3.63, 3.8) is 0 Å². The average Bonchev–Trinajstić information content (AvgIpc) is 2.73. The Kier molecular flexibility index (Phi) is 8.18. The molecule has 0 aliphatic carbocycles. The fourth-order valence-electron chi connectivity index (χ4n) is 4.69. The zero-order valence-corrected chi connectivity index (χ0v) is 19.0. The van der Waals surface area contributed by atoms with Crippen molar-refractivity contribution in [3.05, 3.63) is 0 Å². The first-order chi connectivity index (χ1) is 14.1. The van der Waals surface area contributed by atoms with E-state index in [-0.39, 0.29) is 35.9 Å². The number of hydrogen-bond donors (Lipinski definition) is 3. The van der Waals surface area contributed by atoms with Crippen molar-refractivity contribution in [1.82, 2.24) is 0 Å². The molecule has 0 unspecified atom stereocenters. The molecule has 0 aromatic rings. The molecule has 3 saturated heterocycles. The van der Waals surface area contributed by atoms with E-state index in [1.54, 1.807) is 0 Å². The normalized spacial score (nSPS) is 52.9. The number of aliphatic hydroxyl groups excluding tert-OH is 3. The van der Waals surface area contributed by atoms with Crippen molar-refractivity contribution >= 4 is 0 Å². The first kappa shape index (κ1) is 24.3. The van der Waals surface area contributed by atoms with Gasteiger partial charge in [-0.15, -0.1) is 0 Å². The Labute approximate surface area is 179 Å². The second-order valence-electron chi connectivity index (χ2n) is 9.54. The van der Waals surface area contributed by atoms with E-state index in [9.17, 15) is 15.3 Å². The van der Waals surface area contributed by atoms with Crippen molar-refractivity contribution in [2.75, 3.05) is 13.2 Å². The molecule has 13 atom stereocenters. The van der Waals surface area contributed by atoms with Crippen LogP contribution in [0.4, 0.5) is 0 Å². The van der Waals surface area contributed by atoms with Crippen molar-refractivity contribution in [2.45, 2.75) is 103 Å². The summed E-state index contributed by atoms with van der Waals surface area (Å²) in [5.41, 5.74) is 0. The molecule has 0 spiro atoms. The van der Waals surface area contributed by atoms with Crippen molar-refractivity contribution in [1.29, 1.82) is 0 Å². The van der Waals surface area contributed by atoms with Crippen LogP contribution >= 0.6 is 0 Å². The van der Waals surface area contributed by atoms with Crippen LogP contribution in [0.5, 0.6) is 0 Å². The number of ether oxygens (including phenoxy) is 5. The lowest BCUT2D eigenvalue weighted by molar-refractivity contribution is -0.353. The van der Waals surface area contributed by atoms with E-state index >= 15 is 0 Å². The minimum absolute atomic E-state index is 0.000205. The van der Waals surface area contributed by atoms with Crippen LogP contribution in [-0.2, 0) is 23.7 Å². The summed E-state index contributed by atoms with van der Waals surface area (Å²) in [6.45, 7) is 12.3. The molecule has 8 nitrogen and oxygen atoms in total. The van der Waals surface area contributed by atoms with Gasteiger partial charge in [0.2, 0.25) is 0 Å². The molecule has 3 aliphatic rings. The van der Waals surface area contributed by atoms with E-state index in [1.807, 2.05) is 41.5 Å². The maximum Gasteiger partial charge on any atom is 0.186 e. The Morgan fingerprint density at radius 3 is 1.93 bits per heavy atom. The topological polar surface area (TPSA) is 107 Å². The van der Waals surface area contributed by atoms with Crippen LogP contribution in [0.2, 0.25) is 0 Å². The molecule has 0 bridgehead atoms. The van der Waals surface area contributed by atoms with Crippen LogP contribution in [-0.4, -0.2) is 83.8 Å². The SMILES string of the molecule is CC[C@@H]1O[C@H](O[C@@H]2[C@@H](O[C@H]3[C@H](O)[C@@H](C)CO[C@@H]3C)OC[C@H](C)[C@H]2O)[C@@H](C)[C@H](O)[C@H]1C. The minimum Gasteiger partial charge on any atom is -0.392 e. The second kappa shape index (κ2) is 10.1. The van der Waals surface area contributed by atoms with Crippen LogP contribution in [0.1, 0.15) is 48.0 Å². The molecule has 3 fully saturated rings. The second-order valence-corrected chi connectivity index (χ2v) is 9.54. The number of hydrogen-bond acceptors (Lipinski definition) is 8. The average molecular weight is 433 g/mol. The van der Waals surface area contributed by atoms with Gasteiger partial charge in [0, 0.05) is 23.7 Å². The first-order valence-electron chi connectivity index (χ1n) is 11.4. The van der Waals surface area contributed by atoms with Crippen molar-refractivity contribution in [3.8, 4) is 0 Å². The maximum absolute atomic E-state index is 10.9. The van der Waals surface area contributed by atoms with Gasteiger partial charge in [-0.1, -0.05) is 34.6 Å². The Bertz CT molecular complexity index is 545. The van der Waals surface area contributed by atoms with E-state index in [2.05, 4.69) is 0 Å². The zero-order valence-electron chi connectivity index (χ0n) is 19.0. The molecule has 3 rings (SSSR count). The molecule has 0 amide bonds. The molecule has 30 heavy (non-hydrogen) atoms. The summed E-state index contributed by atoms with van der Waals surface area (Å²) in [6, 6.07) is 0. The highest BCUT2D eigenvalue weighted by Gasteiger charge is 2.48. The van der Waals surface area contributed by atoms with E-state index in [0.717, 1.165) is 6.42 Å². The summed E-state index contributed by atoms with van der Waals surface area (Å²) in [5, 5.41) is 32.2. The lowest BCUT2D eigenvalue weighted by Crippen LogP contribution is -2.59. The first-order valence-corrected chi connectivity index (χ1v) is 11.4. The minimum atomic E-state index is -0.875. The summed E-state index contributed by atoms with van der Waals surface area (Å²) in [6.07, 6.45) is -4.75. The summed E-state index contributed by atoms with van der Waals surface area (Å²) in [4.78, 5) is 0. The third-order valence-electron chi connectivity index (χ3n) is 7.10.